The van der Waals surface area contributed by atoms with Crippen molar-refractivity contribution in [2.75, 3.05) is 4.90 Å². The Hall–Kier alpha value is -1.50. The van der Waals surface area contributed by atoms with Crippen LogP contribution in [0.3, 0.4) is 0 Å². The van der Waals surface area contributed by atoms with Crippen molar-refractivity contribution in [3.05, 3.63) is 62.7 Å². The standard InChI is InChI=1S/C16H12F2INO/c17-12-3-1-11(14(18)8-12)9-20-15-5-4-13(19)7-10(15)2-6-16(20)21/h1,3-5,7-8H,2,6,9H2. The number of nitrogens with zero attached hydrogens (tertiary/aromatic N) is 1. The molecule has 0 saturated carbocycles. The Morgan fingerprint density at radius 2 is 1.90 bits per heavy atom. The Balaban J connectivity index is 1.96. The Kier molecular flexibility index (Phi) is 3.93. The summed E-state index contributed by atoms with van der Waals surface area (Å²) in [5.74, 6) is -1.27. The minimum Gasteiger partial charge on any atom is -0.308 e. The van der Waals surface area contributed by atoms with Crippen molar-refractivity contribution in [1.29, 1.82) is 0 Å². The molecule has 0 bridgehead atoms. The summed E-state index contributed by atoms with van der Waals surface area (Å²) in [4.78, 5) is 13.7. The Morgan fingerprint density at radius 1 is 1.10 bits per heavy atom. The van der Waals surface area contributed by atoms with Gasteiger partial charge < -0.3 is 4.90 Å². The zero-order valence-corrected chi connectivity index (χ0v) is 13.2. The molecule has 3 rings (SSSR count). The van der Waals surface area contributed by atoms with Gasteiger partial charge in [0.1, 0.15) is 11.6 Å². The Morgan fingerprint density at radius 3 is 2.67 bits per heavy atom. The molecule has 0 aromatic heterocycles. The molecule has 0 spiro atoms. The molecule has 1 heterocycles. The van der Waals surface area contributed by atoms with Crippen LogP contribution in [0, 0.1) is 15.2 Å². The highest BCUT2D eigenvalue weighted by Crippen LogP contribution is 2.30. The molecule has 0 radical (unpaired) electrons. The fraction of sp³-hybridized carbons (Fsp3) is 0.188. The number of amides is 1. The first-order valence-electron chi connectivity index (χ1n) is 6.57. The lowest BCUT2D eigenvalue weighted by molar-refractivity contribution is -0.119. The van der Waals surface area contributed by atoms with E-state index in [1.807, 2.05) is 18.2 Å². The molecule has 0 unspecified atom stereocenters. The van der Waals surface area contributed by atoms with Gasteiger partial charge in [-0.1, -0.05) is 6.07 Å². The lowest BCUT2D eigenvalue weighted by Crippen LogP contribution is -2.34. The summed E-state index contributed by atoms with van der Waals surface area (Å²) >= 11 is 2.23. The van der Waals surface area contributed by atoms with E-state index >= 15 is 0 Å². The third kappa shape index (κ3) is 2.92. The van der Waals surface area contributed by atoms with Crippen LogP contribution in [-0.4, -0.2) is 5.91 Å². The molecular weight excluding hydrogens is 387 g/mol. The van der Waals surface area contributed by atoms with E-state index in [0.717, 1.165) is 20.9 Å². The van der Waals surface area contributed by atoms with Crippen LogP contribution in [0.2, 0.25) is 0 Å². The molecule has 5 heteroatoms. The van der Waals surface area contributed by atoms with Gasteiger partial charge in [-0.15, -0.1) is 0 Å². The second-order valence-electron chi connectivity index (χ2n) is 4.99. The van der Waals surface area contributed by atoms with Crippen molar-refractivity contribution in [2.45, 2.75) is 19.4 Å². The van der Waals surface area contributed by atoms with Crippen LogP contribution in [0.1, 0.15) is 17.5 Å². The first-order chi connectivity index (χ1) is 10.0. The fourth-order valence-corrected chi connectivity index (χ4v) is 3.08. The molecule has 0 atom stereocenters. The van der Waals surface area contributed by atoms with Crippen LogP contribution < -0.4 is 4.90 Å². The van der Waals surface area contributed by atoms with Crippen molar-refractivity contribution in [1.82, 2.24) is 0 Å². The first kappa shape index (κ1) is 14.4. The largest absolute Gasteiger partial charge is 0.308 e. The third-order valence-corrected chi connectivity index (χ3v) is 4.26. The van der Waals surface area contributed by atoms with Gasteiger partial charge >= 0.3 is 0 Å². The molecule has 0 fully saturated rings. The SMILES string of the molecule is O=C1CCc2cc(I)ccc2N1Cc1ccc(F)cc1F. The molecule has 2 aromatic rings. The predicted octanol–water partition coefficient (Wildman–Crippen LogP) is 4.05. The number of halogens is 3. The van der Waals surface area contributed by atoms with Gasteiger partial charge in [0.05, 0.1) is 6.54 Å². The van der Waals surface area contributed by atoms with E-state index in [1.165, 1.54) is 12.1 Å². The van der Waals surface area contributed by atoms with Crippen molar-refractivity contribution in [2.24, 2.45) is 0 Å². The predicted molar refractivity (Wildman–Crippen MR) is 85.0 cm³/mol. The normalized spacial score (nSPS) is 14.2. The number of carbonyl (C=O) groups excluding carboxylic acids is 1. The number of aryl methyl sites for hydroxylation is 1. The van der Waals surface area contributed by atoms with Gasteiger partial charge in [0.15, 0.2) is 0 Å². The van der Waals surface area contributed by atoms with Gasteiger partial charge in [-0.25, -0.2) is 8.78 Å². The molecular formula is C16H12F2INO. The molecule has 0 N–H and O–H groups in total. The van der Waals surface area contributed by atoms with Crippen molar-refractivity contribution < 1.29 is 13.6 Å². The minimum atomic E-state index is -0.625. The number of carbonyl (C=O) groups is 1. The fourth-order valence-electron chi connectivity index (χ4n) is 2.52. The zero-order chi connectivity index (χ0) is 15.0. The van der Waals surface area contributed by atoms with E-state index in [-0.39, 0.29) is 12.5 Å². The molecule has 1 aliphatic heterocycles. The summed E-state index contributed by atoms with van der Waals surface area (Å²) < 4.78 is 27.9. The summed E-state index contributed by atoms with van der Waals surface area (Å²) in [7, 11) is 0. The van der Waals surface area contributed by atoms with Gasteiger partial charge in [0.25, 0.3) is 0 Å². The maximum Gasteiger partial charge on any atom is 0.227 e. The van der Waals surface area contributed by atoms with Gasteiger partial charge in [-0.05, 0) is 58.8 Å². The van der Waals surface area contributed by atoms with Crippen LogP contribution in [0.5, 0.6) is 0 Å². The molecule has 0 saturated heterocycles. The van der Waals surface area contributed by atoms with Crippen LogP contribution in [0.4, 0.5) is 14.5 Å². The second-order valence-corrected chi connectivity index (χ2v) is 6.23. The maximum atomic E-state index is 13.8. The maximum absolute atomic E-state index is 13.8. The molecule has 1 amide bonds. The number of hydrogen-bond donors (Lipinski definition) is 0. The van der Waals surface area contributed by atoms with E-state index in [0.29, 0.717) is 18.4 Å². The summed E-state index contributed by atoms with van der Waals surface area (Å²) in [5, 5.41) is 0. The highest BCUT2D eigenvalue weighted by atomic mass is 127. The average molecular weight is 399 g/mol. The molecule has 108 valence electrons. The van der Waals surface area contributed by atoms with Gasteiger partial charge in [0.2, 0.25) is 5.91 Å². The van der Waals surface area contributed by atoms with Gasteiger partial charge in [0, 0.05) is 27.3 Å². The Bertz CT molecular complexity index is 717. The summed E-state index contributed by atoms with van der Waals surface area (Å²) in [6, 6.07) is 9.29. The van der Waals surface area contributed by atoms with Crippen LogP contribution >= 0.6 is 22.6 Å². The molecule has 2 aromatic carbocycles. The number of hydrogen-bond acceptors (Lipinski definition) is 1. The van der Waals surface area contributed by atoms with Gasteiger partial charge in [-0.2, -0.15) is 0 Å². The summed E-state index contributed by atoms with van der Waals surface area (Å²) in [5.41, 5.74) is 2.22. The monoisotopic (exact) mass is 399 g/mol. The summed E-state index contributed by atoms with van der Waals surface area (Å²) in [6.45, 7) is 0.124. The number of rotatable bonds is 2. The van der Waals surface area contributed by atoms with E-state index in [1.54, 1.807) is 4.90 Å². The smallest absolute Gasteiger partial charge is 0.227 e. The lowest BCUT2D eigenvalue weighted by atomic mass is 10.0. The Labute approximate surface area is 134 Å². The van der Waals surface area contributed by atoms with Crippen LogP contribution in [0.15, 0.2) is 36.4 Å². The molecule has 0 aliphatic carbocycles. The average Bonchev–Trinajstić information content (AvgIpc) is 2.44. The highest BCUT2D eigenvalue weighted by Gasteiger charge is 2.25. The van der Waals surface area contributed by atoms with Crippen molar-refractivity contribution in [3.63, 3.8) is 0 Å². The number of benzene rings is 2. The molecule has 21 heavy (non-hydrogen) atoms. The molecule has 1 aliphatic rings. The quantitative estimate of drug-likeness (QED) is 0.698. The van der Waals surface area contributed by atoms with E-state index in [2.05, 4.69) is 22.6 Å². The van der Waals surface area contributed by atoms with E-state index in [4.69, 9.17) is 0 Å². The van der Waals surface area contributed by atoms with Crippen molar-refractivity contribution in [3.8, 4) is 0 Å². The van der Waals surface area contributed by atoms with Crippen LogP contribution in [0.25, 0.3) is 0 Å². The van der Waals surface area contributed by atoms with Crippen molar-refractivity contribution >= 4 is 34.2 Å². The zero-order valence-electron chi connectivity index (χ0n) is 11.1. The second kappa shape index (κ2) is 5.71. The highest BCUT2D eigenvalue weighted by molar-refractivity contribution is 14.1. The number of fused-ring (bicyclic) bond motifs is 1. The summed E-state index contributed by atoms with van der Waals surface area (Å²) in [6.07, 6.45) is 1.11. The lowest BCUT2D eigenvalue weighted by Gasteiger charge is -2.29. The minimum absolute atomic E-state index is 0.0348. The van der Waals surface area contributed by atoms with E-state index in [9.17, 15) is 13.6 Å². The number of anilines is 1. The molecule has 2 nitrogen and oxygen atoms in total. The first-order valence-corrected chi connectivity index (χ1v) is 7.65. The van der Waals surface area contributed by atoms with E-state index < -0.39 is 11.6 Å². The van der Waals surface area contributed by atoms with Crippen LogP contribution in [-0.2, 0) is 17.8 Å². The van der Waals surface area contributed by atoms with Gasteiger partial charge in [-0.3, -0.25) is 4.79 Å². The third-order valence-electron chi connectivity index (χ3n) is 3.59. The topological polar surface area (TPSA) is 20.3 Å².